The molecule has 2 N–H and O–H groups in total. The number of nitrogens with two attached hydrogens (primary N) is 1. The molecule has 0 fully saturated rings. The minimum atomic E-state index is -0.140. The molecule has 16 heavy (non-hydrogen) atoms. The van der Waals surface area contributed by atoms with E-state index in [0.717, 1.165) is 0 Å². The van der Waals surface area contributed by atoms with E-state index in [1.54, 1.807) is 24.9 Å². The second-order valence-electron chi connectivity index (χ2n) is 4.85. The van der Waals surface area contributed by atoms with Gasteiger partial charge < -0.3 is 15.2 Å². The molecule has 1 aromatic rings. The van der Waals surface area contributed by atoms with Gasteiger partial charge >= 0.3 is 0 Å². The molecular formula is C11H19N3O2. The molecule has 0 aliphatic carbocycles. The highest BCUT2D eigenvalue weighted by atomic mass is 16.5. The second-order valence-corrected chi connectivity index (χ2v) is 4.85. The fourth-order valence-corrected chi connectivity index (χ4v) is 1.44. The van der Waals surface area contributed by atoms with E-state index in [1.165, 1.54) is 0 Å². The summed E-state index contributed by atoms with van der Waals surface area (Å²) in [6.07, 6.45) is 0. The van der Waals surface area contributed by atoms with E-state index in [-0.39, 0.29) is 11.3 Å². The van der Waals surface area contributed by atoms with Crippen LogP contribution in [0.5, 0.6) is 0 Å². The molecule has 0 aliphatic rings. The highest BCUT2D eigenvalue weighted by Gasteiger charge is 2.23. The molecule has 0 bridgehead atoms. The summed E-state index contributed by atoms with van der Waals surface area (Å²) in [4.78, 5) is 13.5. The van der Waals surface area contributed by atoms with Crippen LogP contribution in [0.1, 0.15) is 30.1 Å². The fraction of sp³-hybridized carbons (Fsp3) is 0.636. The van der Waals surface area contributed by atoms with Crippen LogP contribution in [0.15, 0.2) is 10.6 Å². The van der Waals surface area contributed by atoms with Crippen LogP contribution >= 0.6 is 0 Å². The molecule has 0 radical (unpaired) electrons. The summed E-state index contributed by atoms with van der Waals surface area (Å²) in [5.41, 5.74) is 5.87. The number of rotatable bonds is 4. The molecule has 1 aromatic heterocycles. The average molecular weight is 225 g/mol. The van der Waals surface area contributed by atoms with Gasteiger partial charge in [-0.2, -0.15) is 0 Å². The lowest BCUT2D eigenvalue weighted by Gasteiger charge is -2.28. The SMILES string of the molecule is Cc1cc(C(=O)N(C)CC(C)(C)CN)no1. The van der Waals surface area contributed by atoms with Crippen molar-refractivity contribution >= 4 is 5.91 Å². The number of amides is 1. The molecule has 5 heteroatoms. The Bertz CT molecular complexity index is 371. The van der Waals surface area contributed by atoms with Gasteiger partial charge in [0.1, 0.15) is 5.76 Å². The highest BCUT2D eigenvalue weighted by molar-refractivity contribution is 5.92. The zero-order valence-corrected chi connectivity index (χ0v) is 10.3. The largest absolute Gasteiger partial charge is 0.361 e. The fourth-order valence-electron chi connectivity index (χ4n) is 1.44. The van der Waals surface area contributed by atoms with Crippen molar-refractivity contribution in [2.75, 3.05) is 20.1 Å². The van der Waals surface area contributed by atoms with Crippen LogP contribution in [-0.4, -0.2) is 36.1 Å². The predicted molar refractivity (Wildman–Crippen MR) is 61.0 cm³/mol. The van der Waals surface area contributed by atoms with Gasteiger partial charge in [0.25, 0.3) is 5.91 Å². The van der Waals surface area contributed by atoms with Crippen LogP contribution in [0, 0.1) is 12.3 Å². The van der Waals surface area contributed by atoms with Crippen LogP contribution in [0.2, 0.25) is 0 Å². The van der Waals surface area contributed by atoms with Gasteiger partial charge in [0.05, 0.1) is 0 Å². The molecule has 0 aromatic carbocycles. The van der Waals surface area contributed by atoms with E-state index >= 15 is 0 Å². The van der Waals surface area contributed by atoms with Crippen LogP contribution in [0.4, 0.5) is 0 Å². The molecule has 5 nitrogen and oxygen atoms in total. The molecule has 1 amide bonds. The smallest absolute Gasteiger partial charge is 0.275 e. The maximum Gasteiger partial charge on any atom is 0.275 e. The van der Waals surface area contributed by atoms with Gasteiger partial charge in [-0.05, 0) is 18.9 Å². The summed E-state index contributed by atoms with van der Waals surface area (Å²) in [5.74, 6) is 0.494. The molecule has 90 valence electrons. The van der Waals surface area contributed by atoms with Crippen LogP contribution in [-0.2, 0) is 0 Å². The molecular weight excluding hydrogens is 206 g/mol. The van der Waals surface area contributed by atoms with Gasteiger partial charge in [-0.1, -0.05) is 19.0 Å². The van der Waals surface area contributed by atoms with Crippen LogP contribution in [0.3, 0.4) is 0 Å². The Kier molecular flexibility index (Phi) is 3.70. The zero-order valence-electron chi connectivity index (χ0n) is 10.3. The molecule has 1 rings (SSSR count). The minimum absolute atomic E-state index is 0.0941. The highest BCUT2D eigenvalue weighted by Crippen LogP contribution is 2.15. The number of hydrogen-bond donors (Lipinski definition) is 1. The van der Waals surface area contributed by atoms with Crippen LogP contribution in [0.25, 0.3) is 0 Å². The van der Waals surface area contributed by atoms with Gasteiger partial charge in [0, 0.05) is 19.7 Å². The first-order valence-corrected chi connectivity index (χ1v) is 5.24. The lowest BCUT2D eigenvalue weighted by atomic mass is 9.93. The summed E-state index contributed by atoms with van der Waals surface area (Å²) < 4.78 is 4.87. The average Bonchev–Trinajstić information content (AvgIpc) is 2.63. The maximum absolute atomic E-state index is 11.9. The summed E-state index contributed by atoms with van der Waals surface area (Å²) in [6, 6.07) is 1.63. The monoisotopic (exact) mass is 225 g/mol. The third-order valence-corrected chi connectivity index (χ3v) is 2.41. The number of carbonyl (C=O) groups excluding carboxylic acids is 1. The molecule has 0 spiro atoms. The number of nitrogens with zero attached hydrogens (tertiary/aromatic N) is 2. The van der Waals surface area contributed by atoms with Gasteiger partial charge in [-0.25, -0.2) is 0 Å². The third-order valence-electron chi connectivity index (χ3n) is 2.41. The normalized spacial score (nSPS) is 11.6. The van der Waals surface area contributed by atoms with Gasteiger partial charge in [-0.15, -0.1) is 0 Å². The van der Waals surface area contributed by atoms with Crippen molar-refractivity contribution in [1.82, 2.24) is 10.1 Å². The molecule has 0 aliphatic heterocycles. The van der Waals surface area contributed by atoms with Gasteiger partial charge in [-0.3, -0.25) is 4.79 Å². The van der Waals surface area contributed by atoms with Crippen molar-refractivity contribution in [3.63, 3.8) is 0 Å². The Balaban J connectivity index is 2.68. The summed E-state index contributed by atoms with van der Waals surface area (Å²) in [7, 11) is 1.74. The van der Waals surface area contributed by atoms with Gasteiger partial charge in [0.2, 0.25) is 0 Å². The number of aromatic nitrogens is 1. The van der Waals surface area contributed by atoms with Crippen molar-refractivity contribution < 1.29 is 9.32 Å². The number of aryl methyl sites for hydroxylation is 1. The topological polar surface area (TPSA) is 72.4 Å². The Morgan fingerprint density at radius 3 is 2.69 bits per heavy atom. The standard InChI is InChI=1S/C11H19N3O2/c1-8-5-9(13-16-8)10(15)14(4)7-11(2,3)6-12/h5H,6-7,12H2,1-4H3. The van der Waals surface area contributed by atoms with E-state index in [9.17, 15) is 4.79 Å². The second kappa shape index (κ2) is 4.65. The number of carbonyl (C=O) groups is 1. The molecule has 0 saturated heterocycles. The van der Waals surface area contributed by atoms with Crippen LogP contribution < -0.4 is 5.73 Å². The number of hydrogen-bond acceptors (Lipinski definition) is 4. The van der Waals surface area contributed by atoms with E-state index in [4.69, 9.17) is 10.3 Å². The first-order chi connectivity index (χ1) is 7.35. The molecule has 1 heterocycles. The van der Waals surface area contributed by atoms with Crippen molar-refractivity contribution in [2.24, 2.45) is 11.1 Å². The van der Waals surface area contributed by atoms with E-state index in [1.807, 2.05) is 13.8 Å². The summed E-state index contributed by atoms with van der Waals surface area (Å²) >= 11 is 0. The Hall–Kier alpha value is -1.36. The molecule has 0 atom stereocenters. The summed E-state index contributed by atoms with van der Waals surface area (Å²) in [5, 5.41) is 3.70. The minimum Gasteiger partial charge on any atom is -0.361 e. The Labute approximate surface area is 95.6 Å². The quantitative estimate of drug-likeness (QED) is 0.831. The first kappa shape index (κ1) is 12.7. The van der Waals surface area contributed by atoms with E-state index in [2.05, 4.69) is 5.16 Å². The van der Waals surface area contributed by atoms with Crippen molar-refractivity contribution in [2.45, 2.75) is 20.8 Å². The predicted octanol–water partition coefficient (Wildman–Crippen LogP) is 1.04. The van der Waals surface area contributed by atoms with Crippen molar-refractivity contribution in [3.05, 3.63) is 17.5 Å². The van der Waals surface area contributed by atoms with E-state index in [0.29, 0.717) is 24.5 Å². The lowest BCUT2D eigenvalue weighted by Crippen LogP contribution is -2.39. The van der Waals surface area contributed by atoms with Gasteiger partial charge in [0.15, 0.2) is 5.69 Å². The third kappa shape index (κ3) is 3.06. The van der Waals surface area contributed by atoms with Crippen molar-refractivity contribution in [1.29, 1.82) is 0 Å². The lowest BCUT2D eigenvalue weighted by molar-refractivity contribution is 0.0730. The Morgan fingerprint density at radius 2 is 2.25 bits per heavy atom. The van der Waals surface area contributed by atoms with E-state index < -0.39 is 0 Å². The maximum atomic E-state index is 11.9. The zero-order chi connectivity index (χ0) is 12.3. The molecule has 0 saturated carbocycles. The van der Waals surface area contributed by atoms with Crippen molar-refractivity contribution in [3.8, 4) is 0 Å². The first-order valence-electron chi connectivity index (χ1n) is 5.24. The summed E-state index contributed by atoms with van der Waals surface area (Å²) in [6.45, 7) is 6.92. The molecule has 0 unspecified atom stereocenters. The Morgan fingerprint density at radius 1 is 1.62 bits per heavy atom.